The van der Waals surface area contributed by atoms with Crippen LogP contribution in [0.2, 0.25) is 0 Å². The number of amides is 1. The maximum Gasteiger partial charge on any atom is 0.397 e. The van der Waals surface area contributed by atoms with Gasteiger partial charge in [0.25, 0.3) is 0 Å². The van der Waals surface area contributed by atoms with Gasteiger partial charge in [0.05, 0.1) is 29.9 Å². The quantitative estimate of drug-likeness (QED) is 0.842. The molecule has 0 bridgehead atoms. The number of thioether (sulfide) groups is 1. The Labute approximate surface area is 122 Å². The fourth-order valence-electron chi connectivity index (χ4n) is 1.38. The van der Waals surface area contributed by atoms with Gasteiger partial charge in [-0.2, -0.15) is 13.2 Å². The fourth-order valence-corrected chi connectivity index (χ4v) is 1.97. The van der Waals surface area contributed by atoms with Gasteiger partial charge in [0.2, 0.25) is 5.91 Å². The lowest BCUT2D eigenvalue weighted by Crippen LogP contribution is -2.19. The van der Waals surface area contributed by atoms with E-state index in [0.717, 1.165) is 0 Å². The van der Waals surface area contributed by atoms with E-state index in [0.29, 0.717) is 11.8 Å². The number of carboxylic acid groups (broad SMARTS) is 1. The molecule has 9 heteroatoms. The Kier molecular flexibility index (Phi) is 5.89. The second-order valence-corrected chi connectivity index (χ2v) is 4.86. The molecule has 0 radical (unpaired) electrons. The minimum Gasteiger partial charge on any atom is -0.497 e. The van der Waals surface area contributed by atoms with Crippen molar-refractivity contribution < 1.29 is 32.6 Å². The molecule has 1 amide bonds. The Morgan fingerprint density at radius 2 is 2.05 bits per heavy atom. The first-order valence-corrected chi connectivity index (χ1v) is 6.74. The number of ether oxygens (including phenoxy) is 1. The lowest BCUT2D eigenvalue weighted by Gasteiger charge is -2.10. The average Bonchev–Trinajstić information content (AvgIpc) is 2.37. The fraction of sp³-hybridized carbons (Fsp3) is 0.333. The van der Waals surface area contributed by atoms with Crippen molar-refractivity contribution in [3.63, 3.8) is 0 Å². The van der Waals surface area contributed by atoms with Gasteiger partial charge >= 0.3 is 12.1 Å². The monoisotopic (exact) mass is 323 g/mol. The van der Waals surface area contributed by atoms with Crippen LogP contribution in [0.25, 0.3) is 0 Å². The van der Waals surface area contributed by atoms with Crippen LogP contribution in [0, 0.1) is 0 Å². The van der Waals surface area contributed by atoms with Gasteiger partial charge in [-0.25, -0.2) is 4.79 Å². The molecule has 1 rings (SSSR count). The lowest BCUT2D eigenvalue weighted by atomic mass is 10.1. The molecule has 0 aromatic heterocycles. The molecular formula is C12H12F3NO4S. The highest BCUT2D eigenvalue weighted by Crippen LogP contribution is 2.23. The molecule has 0 unspecified atom stereocenters. The minimum atomic E-state index is -4.35. The number of halogens is 3. The summed E-state index contributed by atoms with van der Waals surface area (Å²) in [6.45, 7) is 0. The number of carbonyl (C=O) groups excluding carboxylic acids is 1. The minimum absolute atomic E-state index is 0.000841. The summed E-state index contributed by atoms with van der Waals surface area (Å²) in [5.41, 5.74) is -0.204. The van der Waals surface area contributed by atoms with E-state index in [1.165, 1.54) is 25.3 Å². The van der Waals surface area contributed by atoms with E-state index in [1.54, 1.807) is 0 Å². The number of hydrogen-bond acceptors (Lipinski definition) is 4. The molecule has 1 aromatic rings. The summed E-state index contributed by atoms with van der Waals surface area (Å²) in [7, 11) is 1.35. The van der Waals surface area contributed by atoms with Crippen molar-refractivity contribution in [3.05, 3.63) is 23.8 Å². The third-order valence-electron chi connectivity index (χ3n) is 2.23. The zero-order chi connectivity index (χ0) is 16.0. The van der Waals surface area contributed by atoms with Gasteiger partial charge in [-0.1, -0.05) is 0 Å². The van der Waals surface area contributed by atoms with E-state index in [4.69, 9.17) is 9.84 Å². The number of benzene rings is 1. The number of carbonyl (C=O) groups is 2. The van der Waals surface area contributed by atoms with Gasteiger partial charge in [0.15, 0.2) is 0 Å². The highest BCUT2D eigenvalue weighted by atomic mass is 32.2. The van der Waals surface area contributed by atoms with E-state index < -0.39 is 29.6 Å². The molecule has 2 N–H and O–H groups in total. The summed E-state index contributed by atoms with van der Waals surface area (Å²) in [4.78, 5) is 22.6. The van der Waals surface area contributed by atoms with Crippen molar-refractivity contribution in [3.8, 4) is 5.75 Å². The van der Waals surface area contributed by atoms with Gasteiger partial charge in [-0.15, -0.1) is 11.8 Å². The molecule has 0 saturated carbocycles. The number of hydrogen-bond donors (Lipinski definition) is 2. The Morgan fingerprint density at radius 1 is 1.38 bits per heavy atom. The third-order valence-corrected chi connectivity index (χ3v) is 3.23. The van der Waals surface area contributed by atoms with Crippen molar-refractivity contribution in [1.82, 2.24) is 0 Å². The zero-order valence-electron chi connectivity index (χ0n) is 10.9. The summed E-state index contributed by atoms with van der Waals surface area (Å²) < 4.78 is 40.7. The van der Waals surface area contributed by atoms with Gasteiger partial charge in [-0.3, -0.25) is 4.79 Å². The second kappa shape index (κ2) is 7.21. The number of nitrogens with one attached hydrogen (secondary N) is 1. The standard InChI is InChI=1S/C12H12F3NO4S/c1-20-7-2-3-9(8(4-7)11(18)19)16-10(17)5-21-6-12(13,14)15/h2-4H,5-6H2,1H3,(H,16,17)(H,18,19). The molecular weight excluding hydrogens is 311 g/mol. The number of anilines is 1. The molecule has 0 spiro atoms. The number of aromatic carboxylic acids is 1. The summed E-state index contributed by atoms with van der Waals surface area (Å²) in [5.74, 6) is -3.28. The maximum absolute atomic E-state index is 11.9. The molecule has 1 aromatic carbocycles. The Bertz CT molecular complexity index is 534. The average molecular weight is 323 g/mol. The largest absolute Gasteiger partial charge is 0.497 e. The molecule has 116 valence electrons. The molecule has 0 heterocycles. The molecule has 0 aliphatic heterocycles. The highest BCUT2D eigenvalue weighted by Gasteiger charge is 2.27. The molecule has 0 atom stereocenters. The van der Waals surface area contributed by atoms with Crippen LogP contribution in [-0.2, 0) is 4.79 Å². The van der Waals surface area contributed by atoms with E-state index >= 15 is 0 Å². The van der Waals surface area contributed by atoms with Crippen LogP contribution in [0.4, 0.5) is 18.9 Å². The number of rotatable bonds is 6. The number of carboxylic acids is 1. The van der Waals surface area contributed by atoms with Crippen molar-refractivity contribution in [2.75, 3.05) is 23.9 Å². The van der Waals surface area contributed by atoms with Crippen LogP contribution in [0.15, 0.2) is 18.2 Å². The first kappa shape index (κ1) is 17.2. The second-order valence-electron chi connectivity index (χ2n) is 3.87. The first-order chi connectivity index (χ1) is 9.73. The predicted octanol–water partition coefficient (Wildman–Crippen LogP) is 2.63. The third kappa shape index (κ3) is 5.94. The van der Waals surface area contributed by atoms with Crippen molar-refractivity contribution >= 4 is 29.3 Å². The normalized spacial score (nSPS) is 11.0. The van der Waals surface area contributed by atoms with Crippen molar-refractivity contribution in [2.45, 2.75) is 6.18 Å². The summed E-state index contributed by atoms with van der Waals surface area (Å²) in [6, 6.07) is 3.96. The first-order valence-electron chi connectivity index (χ1n) is 5.58. The highest BCUT2D eigenvalue weighted by molar-refractivity contribution is 8.00. The van der Waals surface area contributed by atoms with Crippen LogP contribution >= 0.6 is 11.8 Å². The van der Waals surface area contributed by atoms with E-state index in [2.05, 4.69) is 5.32 Å². The van der Waals surface area contributed by atoms with Gasteiger partial charge in [0.1, 0.15) is 5.75 Å². The number of alkyl halides is 3. The molecule has 0 aliphatic rings. The topological polar surface area (TPSA) is 75.6 Å². The van der Waals surface area contributed by atoms with Crippen LogP contribution in [0.1, 0.15) is 10.4 Å². The zero-order valence-corrected chi connectivity index (χ0v) is 11.7. The smallest absolute Gasteiger partial charge is 0.397 e. The molecule has 0 aliphatic carbocycles. The molecule has 5 nitrogen and oxygen atoms in total. The van der Waals surface area contributed by atoms with Crippen LogP contribution in [0.3, 0.4) is 0 Å². The summed E-state index contributed by atoms with van der Waals surface area (Å²) in [6.07, 6.45) is -4.35. The van der Waals surface area contributed by atoms with Gasteiger partial charge in [-0.05, 0) is 18.2 Å². The van der Waals surface area contributed by atoms with Crippen LogP contribution < -0.4 is 10.1 Å². The van der Waals surface area contributed by atoms with Crippen molar-refractivity contribution in [2.24, 2.45) is 0 Å². The van der Waals surface area contributed by atoms with Crippen molar-refractivity contribution in [1.29, 1.82) is 0 Å². The molecule has 21 heavy (non-hydrogen) atoms. The van der Waals surface area contributed by atoms with Crippen LogP contribution in [0.5, 0.6) is 5.75 Å². The Balaban J connectivity index is 2.69. The van der Waals surface area contributed by atoms with Crippen LogP contribution in [-0.4, -0.2) is 41.8 Å². The van der Waals surface area contributed by atoms with E-state index in [1.807, 2.05) is 0 Å². The van der Waals surface area contributed by atoms with E-state index in [9.17, 15) is 22.8 Å². The molecule has 0 fully saturated rings. The maximum atomic E-state index is 11.9. The number of methoxy groups -OCH3 is 1. The van der Waals surface area contributed by atoms with E-state index in [-0.39, 0.29) is 17.0 Å². The Morgan fingerprint density at radius 3 is 2.57 bits per heavy atom. The van der Waals surface area contributed by atoms with Gasteiger partial charge < -0.3 is 15.2 Å². The molecule has 0 saturated heterocycles. The lowest BCUT2D eigenvalue weighted by molar-refractivity contribution is -0.113. The Hall–Kier alpha value is -1.90. The summed E-state index contributed by atoms with van der Waals surface area (Å²) in [5, 5.41) is 11.3. The SMILES string of the molecule is COc1ccc(NC(=O)CSCC(F)(F)F)c(C(=O)O)c1. The predicted molar refractivity (Wildman–Crippen MR) is 72.0 cm³/mol. The van der Waals surface area contributed by atoms with Gasteiger partial charge in [0, 0.05) is 0 Å². The summed E-state index contributed by atoms with van der Waals surface area (Å²) >= 11 is 0.400.